The van der Waals surface area contributed by atoms with Gasteiger partial charge in [0.15, 0.2) is 0 Å². The SMILES string of the molecule is COc1cccc(N2CCN(C(=O)C3CC3)CC2)c1. The number of carbonyl (C=O) groups excluding carboxylic acids is 1. The van der Waals surface area contributed by atoms with E-state index in [4.69, 9.17) is 4.74 Å². The first-order chi connectivity index (χ1) is 9.28. The second-order valence-corrected chi connectivity index (χ2v) is 5.29. The first-order valence-corrected chi connectivity index (χ1v) is 6.96. The average molecular weight is 260 g/mol. The van der Waals surface area contributed by atoms with Gasteiger partial charge in [-0.15, -0.1) is 0 Å². The lowest BCUT2D eigenvalue weighted by Gasteiger charge is -2.36. The molecule has 102 valence electrons. The molecule has 1 heterocycles. The Kier molecular flexibility index (Phi) is 3.32. The fourth-order valence-corrected chi connectivity index (χ4v) is 2.58. The highest BCUT2D eigenvalue weighted by Gasteiger charge is 2.34. The van der Waals surface area contributed by atoms with Gasteiger partial charge in [0, 0.05) is 43.9 Å². The highest BCUT2D eigenvalue weighted by molar-refractivity contribution is 5.81. The summed E-state index contributed by atoms with van der Waals surface area (Å²) in [6.45, 7) is 3.50. The van der Waals surface area contributed by atoms with Crippen molar-refractivity contribution in [3.63, 3.8) is 0 Å². The van der Waals surface area contributed by atoms with Crippen LogP contribution in [0.2, 0.25) is 0 Å². The van der Waals surface area contributed by atoms with Crippen molar-refractivity contribution in [3.8, 4) is 5.75 Å². The van der Waals surface area contributed by atoms with Crippen molar-refractivity contribution in [1.29, 1.82) is 0 Å². The van der Waals surface area contributed by atoms with Crippen LogP contribution in [-0.4, -0.2) is 44.1 Å². The van der Waals surface area contributed by atoms with E-state index in [1.54, 1.807) is 7.11 Å². The third-order valence-electron chi connectivity index (χ3n) is 3.94. The van der Waals surface area contributed by atoms with Gasteiger partial charge < -0.3 is 14.5 Å². The molecule has 1 aliphatic carbocycles. The maximum Gasteiger partial charge on any atom is 0.225 e. The molecular formula is C15H20N2O2. The molecule has 1 saturated heterocycles. The molecule has 4 heteroatoms. The zero-order valence-corrected chi connectivity index (χ0v) is 11.3. The van der Waals surface area contributed by atoms with Gasteiger partial charge in [-0.2, -0.15) is 0 Å². The molecule has 19 heavy (non-hydrogen) atoms. The van der Waals surface area contributed by atoms with E-state index in [2.05, 4.69) is 17.0 Å². The summed E-state index contributed by atoms with van der Waals surface area (Å²) < 4.78 is 5.25. The zero-order valence-electron chi connectivity index (χ0n) is 11.3. The summed E-state index contributed by atoms with van der Waals surface area (Å²) in [5, 5.41) is 0. The van der Waals surface area contributed by atoms with Crippen molar-refractivity contribution < 1.29 is 9.53 Å². The molecule has 0 aromatic heterocycles. The largest absolute Gasteiger partial charge is 0.497 e. The lowest BCUT2D eigenvalue weighted by molar-refractivity contribution is -0.132. The molecule has 2 fully saturated rings. The van der Waals surface area contributed by atoms with E-state index in [9.17, 15) is 4.79 Å². The number of hydrogen-bond donors (Lipinski definition) is 0. The van der Waals surface area contributed by atoms with Crippen LogP contribution in [0.4, 0.5) is 5.69 Å². The first-order valence-electron chi connectivity index (χ1n) is 6.96. The van der Waals surface area contributed by atoms with Gasteiger partial charge >= 0.3 is 0 Å². The zero-order chi connectivity index (χ0) is 13.2. The minimum Gasteiger partial charge on any atom is -0.497 e. The Labute approximate surface area is 113 Å². The van der Waals surface area contributed by atoms with E-state index < -0.39 is 0 Å². The average Bonchev–Trinajstić information content (AvgIpc) is 3.31. The number of anilines is 1. The summed E-state index contributed by atoms with van der Waals surface area (Å²) in [5.41, 5.74) is 1.18. The van der Waals surface area contributed by atoms with E-state index in [0.29, 0.717) is 11.8 Å². The van der Waals surface area contributed by atoms with Crippen LogP contribution in [-0.2, 0) is 4.79 Å². The molecule has 0 atom stereocenters. The second-order valence-electron chi connectivity index (χ2n) is 5.29. The Morgan fingerprint density at radius 2 is 1.95 bits per heavy atom. The molecule has 1 aliphatic heterocycles. The van der Waals surface area contributed by atoms with Crippen LogP contribution in [0.1, 0.15) is 12.8 Å². The lowest BCUT2D eigenvalue weighted by atomic mass is 10.2. The van der Waals surface area contributed by atoms with Crippen LogP contribution in [0.15, 0.2) is 24.3 Å². The summed E-state index contributed by atoms with van der Waals surface area (Å²) in [4.78, 5) is 16.3. The Hall–Kier alpha value is -1.71. The minimum atomic E-state index is 0.336. The van der Waals surface area contributed by atoms with Gasteiger partial charge in [0.25, 0.3) is 0 Å². The Bertz CT molecular complexity index is 463. The van der Waals surface area contributed by atoms with Crippen LogP contribution in [0.5, 0.6) is 5.75 Å². The molecule has 4 nitrogen and oxygen atoms in total. The van der Waals surface area contributed by atoms with E-state index >= 15 is 0 Å². The van der Waals surface area contributed by atoms with E-state index in [0.717, 1.165) is 44.8 Å². The van der Waals surface area contributed by atoms with Gasteiger partial charge in [-0.1, -0.05) is 6.07 Å². The number of ether oxygens (including phenoxy) is 1. The van der Waals surface area contributed by atoms with Gasteiger partial charge in [0.2, 0.25) is 5.91 Å². The maximum absolute atomic E-state index is 12.0. The molecule has 0 radical (unpaired) electrons. The molecule has 0 bridgehead atoms. The van der Waals surface area contributed by atoms with Crippen molar-refractivity contribution in [2.75, 3.05) is 38.2 Å². The third kappa shape index (κ3) is 2.67. The molecule has 1 aromatic rings. The number of carbonyl (C=O) groups is 1. The highest BCUT2D eigenvalue weighted by Crippen LogP contribution is 2.31. The standard InChI is InChI=1S/C15H20N2O2/c1-19-14-4-2-3-13(11-14)16-7-9-17(10-8-16)15(18)12-5-6-12/h2-4,11-12H,5-10H2,1H3. The number of piperazine rings is 1. The van der Waals surface area contributed by atoms with Crippen molar-refractivity contribution in [2.24, 2.45) is 5.92 Å². The molecule has 3 rings (SSSR count). The summed E-state index contributed by atoms with van der Waals surface area (Å²) in [7, 11) is 1.69. The molecular weight excluding hydrogens is 240 g/mol. The maximum atomic E-state index is 12.0. The molecule has 2 aliphatic rings. The first kappa shape index (κ1) is 12.3. The van der Waals surface area contributed by atoms with Gasteiger partial charge in [-0.05, 0) is 25.0 Å². The number of amides is 1. The lowest BCUT2D eigenvalue weighted by Crippen LogP contribution is -2.49. The summed E-state index contributed by atoms with van der Waals surface area (Å²) >= 11 is 0. The second kappa shape index (κ2) is 5.11. The Balaban J connectivity index is 1.61. The predicted molar refractivity (Wildman–Crippen MR) is 74.5 cm³/mol. The van der Waals surface area contributed by atoms with Crippen LogP contribution in [0.3, 0.4) is 0 Å². The van der Waals surface area contributed by atoms with Crippen LogP contribution >= 0.6 is 0 Å². The number of methoxy groups -OCH3 is 1. The molecule has 0 N–H and O–H groups in total. The molecule has 1 amide bonds. The molecule has 0 unspecified atom stereocenters. The number of nitrogens with zero attached hydrogens (tertiary/aromatic N) is 2. The predicted octanol–water partition coefficient (Wildman–Crippen LogP) is 1.75. The monoisotopic (exact) mass is 260 g/mol. The van der Waals surface area contributed by atoms with Crippen molar-refractivity contribution >= 4 is 11.6 Å². The number of rotatable bonds is 3. The molecule has 1 aromatic carbocycles. The number of hydrogen-bond acceptors (Lipinski definition) is 3. The Morgan fingerprint density at radius 1 is 1.21 bits per heavy atom. The fraction of sp³-hybridized carbons (Fsp3) is 0.533. The van der Waals surface area contributed by atoms with Crippen molar-refractivity contribution in [1.82, 2.24) is 4.90 Å². The fourth-order valence-electron chi connectivity index (χ4n) is 2.58. The van der Waals surface area contributed by atoms with E-state index in [1.807, 2.05) is 17.0 Å². The number of benzene rings is 1. The van der Waals surface area contributed by atoms with E-state index in [1.165, 1.54) is 5.69 Å². The van der Waals surface area contributed by atoms with Crippen LogP contribution in [0, 0.1) is 5.92 Å². The minimum absolute atomic E-state index is 0.336. The summed E-state index contributed by atoms with van der Waals surface area (Å²) in [6, 6.07) is 8.12. The van der Waals surface area contributed by atoms with Crippen LogP contribution in [0.25, 0.3) is 0 Å². The van der Waals surface area contributed by atoms with Gasteiger partial charge in [0.05, 0.1) is 7.11 Å². The van der Waals surface area contributed by atoms with Crippen LogP contribution < -0.4 is 9.64 Å². The van der Waals surface area contributed by atoms with E-state index in [-0.39, 0.29) is 0 Å². The summed E-state index contributed by atoms with van der Waals surface area (Å²) in [5.74, 6) is 1.59. The quantitative estimate of drug-likeness (QED) is 0.830. The van der Waals surface area contributed by atoms with Gasteiger partial charge in [-0.25, -0.2) is 0 Å². The molecule has 1 saturated carbocycles. The smallest absolute Gasteiger partial charge is 0.225 e. The third-order valence-corrected chi connectivity index (χ3v) is 3.94. The summed E-state index contributed by atoms with van der Waals surface area (Å²) in [6.07, 6.45) is 2.18. The Morgan fingerprint density at radius 3 is 2.58 bits per heavy atom. The topological polar surface area (TPSA) is 32.8 Å². The van der Waals surface area contributed by atoms with Crippen molar-refractivity contribution in [2.45, 2.75) is 12.8 Å². The van der Waals surface area contributed by atoms with Crippen molar-refractivity contribution in [3.05, 3.63) is 24.3 Å². The van der Waals surface area contributed by atoms with Gasteiger partial charge in [-0.3, -0.25) is 4.79 Å². The molecule has 0 spiro atoms. The highest BCUT2D eigenvalue weighted by atomic mass is 16.5. The van der Waals surface area contributed by atoms with Gasteiger partial charge in [0.1, 0.15) is 5.75 Å². The normalized spacial score (nSPS) is 19.4.